The number of aliphatic carboxylic acids is 1. The van der Waals surface area contributed by atoms with Gasteiger partial charge in [-0.2, -0.15) is 11.8 Å². The second-order valence-electron chi connectivity index (χ2n) is 5.72. The molecule has 0 aliphatic carbocycles. The molecular formula is C15H28N2O3S. The molecule has 2 amide bonds. The van der Waals surface area contributed by atoms with E-state index in [-0.39, 0.29) is 18.5 Å². The van der Waals surface area contributed by atoms with Gasteiger partial charge in [-0.3, -0.25) is 4.79 Å². The summed E-state index contributed by atoms with van der Waals surface area (Å²) < 4.78 is 0. The average Bonchev–Trinajstić information content (AvgIpc) is 2.45. The van der Waals surface area contributed by atoms with Gasteiger partial charge in [0.15, 0.2) is 0 Å². The van der Waals surface area contributed by atoms with Crippen molar-refractivity contribution in [3.63, 3.8) is 0 Å². The van der Waals surface area contributed by atoms with E-state index in [9.17, 15) is 9.59 Å². The van der Waals surface area contributed by atoms with Crippen molar-refractivity contribution < 1.29 is 14.7 Å². The Morgan fingerprint density at radius 3 is 2.90 bits per heavy atom. The van der Waals surface area contributed by atoms with Crippen molar-refractivity contribution in [2.75, 3.05) is 24.6 Å². The molecule has 1 fully saturated rings. The Bertz CT molecular complexity index is 339. The monoisotopic (exact) mass is 316 g/mol. The van der Waals surface area contributed by atoms with Gasteiger partial charge in [0.25, 0.3) is 0 Å². The van der Waals surface area contributed by atoms with Crippen LogP contribution in [0.25, 0.3) is 0 Å². The number of carboxylic acids is 1. The van der Waals surface area contributed by atoms with Gasteiger partial charge in [-0.05, 0) is 50.0 Å². The summed E-state index contributed by atoms with van der Waals surface area (Å²) in [4.78, 5) is 24.7. The third-order valence-electron chi connectivity index (χ3n) is 3.84. The minimum Gasteiger partial charge on any atom is -0.481 e. The Hall–Kier alpha value is -0.910. The lowest BCUT2D eigenvalue weighted by Gasteiger charge is -2.33. The first-order valence-corrected chi connectivity index (χ1v) is 9.03. The number of urea groups is 1. The Labute approximate surface area is 131 Å². The lowest BCUT2D eigenvalue weighted by molar-refractivity contribution is -0.137. The molecule has 0 aromatic rings. The number of likely N-dealkylation sites (tertiary alicyclic amines) is 1. The number of nitrogens with zero attached hydrogens (tertiary/aromatic N) is 1. The van der Waals surface area contributed by atoms with E-state index in [0.717, 1.165) is 37.3 Å². The smallest absolute Gasteiger partial charge is 0.317 e. The van der Waals surface area contributed by atoms with Crippen LogP contribution in [0.15, 0.2) is 0 Å². The summed E-state index contributed by atoms with van der Waals surface area (Å²) in [5.74, 6) is 1.75. The quantitative estimate of drug-likeness (QED) is 0.676. The summed E-state index contributed by atoms with van der Waals surface area (Å²) in [7, 11) is 0. The molecule has 0 aromatic carbocycles. The van der Waals surface area contributed by atoms with Crippen LogP contribution < -0.4 is 5.32 Å². The van der Waals surface area contributed by atoms with E-state index in [0.29, 0.717) is 18.9 Å². The fraction of sp³-hybridized carbons (Fsp3) is 0.867. The number of carbonyl (C=O) groups excluding carboxylic acids is 1. The molecule has 1 heterocycles. The maximum Gasteiger partial charge on any atom is 0.317 e. The second-order valence-corrected chi connectivity index (χ2v) is 7.12. The Morgan fingerprint density at radius 2 is 2.24 bits per heavy atom. The second kappa shape index (κ2) is 9.92. The lowest BCUT2D eigenvalue weighted by Crippen LogP contribution is -2.48. The molecule has 0 aromatic heterocycles. The molecule has 1 aliphatic heterocycles. The van der Waals surface area contributed by atoms with Crippen molar-refractivity contribution in [3.05, 3.63) is 0 Å². The zero-order chi connectivity index (χ0) is 15.7. The molecule has 0 spiro atoms. The summed E-state index contributed by atoms with van der Waals surface area (Å²) in [6.45, 7) is 5.65. The molecule has 2 atom stereocenters. The molecule has 0 saturated carbocycles. The molecule has 1 rings (SSSR count). The molecule has 122 valence electrons. The largest absolute Gasteiger partial charge is 0.481 e. The summed E-state index contributed by atoms with van der Waals surface area (Å²) in [6.07, 6.45) is 3.85. The third-order valence-corrected chi connectivity index (χ3v) is 4.77. The zero-order valence-electron chi connectivity index (χ0n) is 13.1. The number of hydrogen-bond donors (Lipinski definition) is 2. The predicted molar refractivity (Wildman–Crippen MR) is 86.8 cm³/mol. The first kappa shape index (κ1) is 18.1. The minimum atomic E-state index is -0.751. The van der Waals surface area contributed by atoms with E-state index in [4.69, 9.17) is 5.11 Å². The highest BCUT2D eigenvalue weighted by molar-refractivity contribution is 7.99. The highest BCUT2D eigenvalue weighted by atomic mass is 32.2. The first-order chi connectivity index (χ1) is 10.0. The average molecular weight is 316 g/mol. The standard InChI is InChI=1S/C15H28N2O3S/c1-3-21-10-8-12(2)16-15(20)17-9-4-5-13(11-17)6-7-14(18)19/h12-13H,3-11H2,1-2H3,(H,16,20)(H,18,19). The first-order valence-electron chi connectivity index (χ1n) is 7.87. The van der Waals surface area contributed by atoms with Gasteiger partial charge in [0.1, 0.15) is 0 Å². The van der Waals surface area contributed by atoms with Gasteiger partial charge >= 0.3 is 12.0 Å². The van der Waals surface area contributed by atoms with E-state index in [1.54, 1.807) is 0 Å². The number of thioether (sulfide) groups is 1. The third kappa shape index (κ3) is 7.60. The predicted octanol–water partition coefficient (Wildman–Crippen LogP) is 2.80. The van der Waals surface area contributed by atoms with Crippen LogP contribution in [0.2, 0.25) is 0 Å². The SMILES string of the molecule is CCSCCC(C)NC(=O)N1CCCC(CCC(=O)O)C1. The molecule has 2 N–H and O–H groups in total. The van der Waals surface area contributed by atoms with Crippen LogP contribution in [0.1, 0.15) is 46.0 Å². The van der Waals surface area contributed by atoms with Crippen molar-refractivity contribution >= 4 is 23.8 Å². The summed E-state index contributed by atoms with van der Waals surface area (Å²) in [5.41, 5.74) is 0. The van der Waals surface area contributed by atoms with Crippen LogP contribution in [-0.2, 0) is 4.79 Å². The molecule has 5 nitrogen and oxygen atoms in total. The van der Waals surface area contributed by atoms with Gasteiger partial charge in [-0.15, -0.1) is 0 Å². The van der Waals surface area contributed by atoms with Crippen LogP contribution >= 0.6 is 11.8 Å². The van der Waals surface area contributed by atoms with E-state index in [1.165, 1.54) is 0 Å². The van der Waals surface area contributed by atoms with Gasteiger partial charge in [0.2, 0.25) is 0 Å². The molecule has 0 radical (unpaired) electrons. The number of amides is 2. The molecule has 1 aliphatic rings. The van der Waals surface area contributed by atoms with Crippen LogP contribution in [0.5, 0.6) is 0 Å². The molecule has 21 heavy (non-hydrogen) atoms. The van der Waals surface area contributed by atoms with Gasteiger partial charge in [0, 0.05) is 25.6 Å². The normalized spacial score (nSPS) is 20.1. The Balaban J connectivity index is 2.30. The van der Waals surface area contributed by atoms with Crippen molar-refractivity contribution in [1.82, 2.24) is 10.2 Å². The fourth-order valence-corrected chi connectivity index (χ4v) is 3.40. The van der Waals surface area contributed by atoms with Gasteiger partial charge in [-0.1, -0.05) is 6.92 Å². The van der Waals surface area contributed by atoms with Gasteiger partial charge in [0.05, 0.1) is 0 Å². The minimum absolute atomic E-state index is 0.00373. The summed E-state index contributed by atoms with van der Waals surface area (Å²) >= 11 is 1.89. The van der Waals surface area contributed by atoms with Crippen LogP contribution in [0.4, 0.5) is 4.79 Å². The number of nitrogens with one attached hydrogen (secondary N) is 1. The Morgan fingerprint density at radius 1 is 1.48 bits per heavy atom. The topological polar surface area (TPSA) is 69.6 Å². The molecule has 0 bridgehead atoms. The molecule has 1 saturated heterocycles. The van der Waals surface area contributed by atoms with Crippen molar-refractivity contribution in [1.29, 1.82) is 0 Å². The molecule has 6 heteroatoms. The van der Waals surface area contributed by atoms with E-state index in [2.05, 4.69) is 12.2 Å². The number of piperidine rings is 1. The summed E-state index contributed by atoms with van der Waals surface area (Å²) in [6, 6.07) is 0.194. The number of carboxylic acid groups (broad SMARTS) is 1. The zero-order valence-corrected chi connectivity index (χ0v) is 14.0. The van der Waals surface area contributed by atoms with Crippen molar-refractivity contribution in [2.24, 2.45) is 5.92 Å². The highest BCUT2D eigenvalue weighted by Crippen LogP contribution is 2.21. The maximum atomic E-state index is 12.2. The van der Waals surface area contributed by atoms with Crippen LogP contribution in [0.3, 0.4) is 0 Å². The number of carbonyl (C=O) groups is 2. The van der Waals surface area contributed by atoms with E-state index >= 15 is 0 Å². The molecular weight excluding hydrogens is 288 g/mol. The van der Waals surface area contributed by atoms with Gasteiger partial charge < -0.3 is 15.3 Å². The van der Waals surface area contributed by atoms with E-state index < -0.39 is 5.97 Å². The molecule has 2 unspecified atom stereocenters. The fourth-order valence-electron chi connectivity index (χ4n) is 2.59. The lowest BCUT2D eigenvalue weighted by atomic mass is 9.93. The van der Waals surface area contributed by atoms with Crippen molar-refractivity contribution in [2.45, 2.75) is 52.0 Å². The highest BCUT2D eigenvalue weighted by Gasteiger charge is 2.24. The number of rotatable bonds is 8. The maximum absolute atomic E-state index is 12.2. The Kier molecular flexibility index (Phi) is 8.57. The van der Waals surface area contributed by atoms with E-state index in [1.807, 2.05) is 23.6 Å². The van der Waals surface area contributed by atoms with Crippen molar-refractivity contribution in [3.8, 4) is 0 Å². The summed E-state index contributed by atoms with van der Waals surface area (Å²) in [5, 5.41) is 11.8. The van der Waals surface area contributed by atoms with Crippen LogP contribution in [-0.4, -0.2) is 52.6 Å². The van der Waals surface area contributed by atoms with Crippen LogP contribution in [0, 0.1) is 5.92 Å². The van der Waals surface area contributed by atoms with Gasteiger partial charge in [-0.25, -0.2) is 4.79 Å². The number of hydrogen-bond acceptors (Lipinski definition) is 3.